The number of hydrogen-bond acceptors (Lipinski definition) is 12. The lowest BCUT2D eigenvalue weighted by atomic mass is 10.1. The van der Waals surface area contributed by atoms with E-state index in [0.29, 0.717) is 34.7 Å². The monoisotopic (exact) mass is 441 g/mol. The molecule has 1 aliphatic rings. The summed E-state index contributed by atoms with van der Waals surface area (Å²) in [6, 6.07) is 6.02. The average molecular weight is 441 g/mol. The van der Waals surface area contributed by atoms with Crippen LogP contribution in [0.25, 0.3) is 11.5 Å². The first-order chi connectivity index (χ1) is 14.9. The maximum Gasteiger partial charge on any atom is 0.276 e. The Hall–Kier alpha value is -3.61. The lowest BCUT2D eigenvalue weighted by Gasteiger charge is -2.21. The average Bonchev–Trinajstić information content (AvgIpc) is 3.36. The molecule has 0 amide bonds. The Kier molecular flexibility index (Phi) is 5.75. The predicted octanol–water partition coefficient (Wildman–Crippen LogP) is 3.06. The van der Waals surface area contributed by atoms with Crippen molar-refractivity contribution in [3.8, 4) is 11.5 Å². The number of rotatable bonds is 7. The van der Waals surface area contributed by atoms with E-state index in [0.717, 1.165) is 5.56 Å². The summed E-state index contributed by atoms with van der Waals surface area (Å²) in [5.41, 5.74) is 7.22. The van der Waals surface area contributed by atoms with E-state index in [4.69, 9.17) is 10.2 Å². The summed E-state index contributed by atoms with van der Waals surface area (Å²) in [6.45, 7) is 4.28. The van der Waals surface area contributed by atoms with Gasteiger partial charge in [0.2, 0.25) is 5.89 Å². The van der Waals surface area contributed by atoms with Crippen LogP contribution < -0.4 is 5.73 Å². The normalized spacial score (nSPS) is 17.9. The van der Waals surface area contributed by atoms with Crippen molar-refractivity contribution in [2.75, 3.05) is 11.5 Å². The fourth-order valence-corrected chi connectivity index (χ4v) is 3.86. The second-order valence-electron chi connectivity index (χ2n) is 6.93. The Labute approximate surface area is 181 Å². The topological polar surface area (TPSA) is 162 Å². The van der Waals surface area contributed by atoms with Gasteiger partial charge < -0.3 is 10.2 Å². The molecule has 2 atom stereocenters. The standard InChI is InChI=1S/C18H19N9O3S/c1-10-15(22-25-26(10)8-13-7-20-11(2)21-16(13)19)9-31-18-24-23-17(30-18)12-4-3-5-14(6-12)27(28)29/h3-7,10,15H,8-9H2,1-2H3,(H2,19,20,21). The number of aryl methyl sites for hydroxylation is 1. The number of benzene rings is 1. The summed E-state index contributed by atoms with van der Waals surface area (Å²) in [4.78, 5) is 18.8. The van der Waals surface area contributed by atoms with Gasteiger partial charge in [0.1, 0.15) is 17.7 Å². The van der Waals surface area contributed by atoms with Gasteiger partial charge in [0.15, 0.2) is 0 Å². The molecule has 0 radical (unpaired) electrons. The van der Waals surface area contributed by atoms with Gasteiger partial charge in [0.05, 0.1) is 17.5 Å². The zero-order valence-electron chi connectivity index (χ0n) is 16.7. The number of non-ortho nitro benzene ring substituents is 1. The molecule has 0 saturated heterocycles. The lowest BCUT2D eigenvalue weighted by molar-refractivity contribution is -0.384. The highest BCUT2D eigenvalue weighted by atomic mass is 32.2. The third-order valence-corrected chi connectivity index (χ3v) is 5.70. The summed E-state index contributed by atoms with van der Waals surface area (Å²) >= 11 is 1.36. The molecule has 3 heterocycles. The number of thioether (sulfide) groups is 1. The Morgan fingerprint density at radius 1 is 1.35 bits per heavy atom. The van der Waals surface area contributed by atoms with Crippen molar-refractivity contribution in [1.82, 2.24) is 25.2 Å². The maximum absolute atomic E-state index is 10.9. The fraction of sp³-hybridized carbons (Fsp3) is 0.333. The molecule has 0 saturated carbocycles. The molecular weight excluding hydrogens is 422 g/mol. The van der Waals surface area contributed by atoms with Crippen LogP contribution in [0.4, 0.5) is 11.5 Å². The van der Waals surface area contributed by atoms with Crippen molar-refractivity contribution in [2.45, 2.75) is 37.7 Å². The lowest BCUT2D eigenvalue weighted by Crippen LogP contribution is -2.33. The van der Waals surface area contributed by atoms with Crippen LogP contribution in [0.5, 0.6) is 0 Å². The Bertz CT molecular complexity index is 1140. The SMILES string of the molecule is Cc1ncc(CN2N=NC(CSc3nnc(-c4cccc([N+](=O)[O-])c4)o3)C2C)c(N)n1. The van der Waals surface area contributed by atoms with Crippen LogP contribution in [0.1, 0.15) is 18.3 Å². The molecule has 2 aromatic heterocycles. The molecule has 13 heteroatoms. The molecule has 31 heavy (non-hydrogen) atoms. The largest absolute Gasteiger partial charge is 0.411 e. The van der Waals surface area contributed by atoms with Gasteiger partial charge in [-0.25, -0.2) is 9.97 Å². The highest BCUT2D eigenvalue weighted by Crippen LogP contribution is 2.29. The second-order valence-corrected chi connectivity index (χ2v) is 7.90. The van der Waals surface area contributed by atoms with Crippen LogP contribution in [0.3, 0.4) is 0 Å². The Morgan fingerprint density at radius 2 is 2.19 bits per heavy atom. The van der Waals surface area contributed by atoms with Crippen LogP contribution in [-0.2, 0) is 6.54 Å². The molecule has 0 fully saturated rings. The van der Waals surface area contributed by atoms with E-state index in [9.17, 15) is 10.1 Å². The van der Waals surface area contributed by atoms with E-state index < -0.39 is 4.92 Å². The van der Waals surface area contributed by atoms with Crippen molar-refractivity contribution in [3.05, 3.63) is 52.0 Å². The molecule has 0 spiro atoms. The number of nitrogens with two attached hydrogens (primary N) is 1. The van der Waals surface area contributed by atoms with Gasteiger partial charge in [0, 0.05) is 35.2 Å². The van der Waals surface area contributed by atoms with Gasteiger partial charge in [-0.05, 0) is 19.9 Å². The third-order valence-electron chi connectivity index (χ3n) is 4.78. The number of hydrogen-bond donors (Lipinski definition) is 1. The first-order valence-electron chi connectivity index (χ1n) is 9.37. The van der Waals surface area contributed by atoms with Gasteiger partial charge in [0.25, 0.3) is 10.9 Å². The van der Waals surface area contributed by atoms with Crippen molar-refractivity contribution in [2.24, 2.45) is 10.3 Å². The number of nitro groups is 1. The van der Waals surface area contributed by atoms with Gasteiger partial charge in [-0.15, -0.1) is 10.2 Å². The van der Waals surface area contributed by atoms with E-state index in [1.165, 1.54) is 23.9 Å². The molecule has 3 aromatic rings. The molecule has 2 N–H and O–H groups in total. The number of nitrogen functional groups attached to an aromatic ring is 1. The predicted molar refractivity (Wildman–Crippen MR) is 112 cm³/mol. The van der Waals surface area contributed by atoms with E-state index in [-0.39, 0.29) is 23.7 Å². The van der Waals surface area contributed by atoms with Gasteiger partial charge >= 0.3 is 0 Å². The number of nitrogens with zero attached hydrogens (tertiary/aromatic N) is 8. The highest BCUT2D eigenvalue weighted by Gasteiger charge is 2.30. The van der Waals surface area contributed by atoms with Crippen LogP contribution in [-0.4, -0.2) is 47.9 Å². The summed E-state index contributed by atoms with van der Waals surface area (Å²) in [6.07, 6.45) is 1.70. The van der Waals surface area contributed by atoms with Crippen LogP contribution in [0.15, 0.2) is 50.4 Å². The van der Waals surface area contributed by atoms with Crippen LogP contribution >= 0.6 is 11.8 Å². The van der Waals surface area contributed by atoms with Crippen LogP contribution in [0.2, 0.25) is 0 Å². The molecular formula is C18H19N9O3S. The quantitative estimate of drug-likeness (QED) is 0.327. The van der Waals surface area contributed by atoms with E-state index in [1.807, 2.05) is 11.9 Å². The molecule has 1 aliphatic heterocycles. The van der Waals surface area contributed by atoms with Crippen LogP contribution in [0, 0.1) is 17.0 Å². The first kappa shape index (κ1) is 20.7. The smallest absolute Gasteiger partial charge is 0.276 e. The van der Waals surface area contributed by atoms with Crippen molar-refractivity contribution >= 4 is 23.3 Å². The van der Waals surface area contributed by atoms with Crippen molar-refractivity contribution < 1.29 is 9.34 Å². The maximum atomic E-state index is 10.9. The Morgan fingerprint density at radius 3 is 2.97 bits per heavy atom. The van der Waals surface area contributed by atoms with Gasteiger partial charge in [-0.2, -0.15) is 5.11 Å². The minimum absolute atomic E-state index is 0.0346. The van der Waals surface area contributed by atoms with Crippen molar-refractivity contribution in [1.29, 1.82) is 0 Å². The molecule has 2 unspecified atom stereocenters. The molecule has 0 aliphatic carbocycles. The number of nitro benzene ring substituents is 1. The number of aromatic nitrogens is 4. The molecule has 12 nitrogen and oxygen atoms in total. The molecule has 160 valence electrons. The summed E-state index contributed by atoms with van der Waals surface area (Å²) < 4.78 is 5.65. The number of anilines is 1. The second kappa shape index (κ2) is 8.63. The van der Waals surface area contributed by atoms with E-state index in [1.54, 1.807) is 25.3 Å². The summed E-state index contributed by atoms with van der Waals surface area (Å²) in [5.74, 6) is 1.86. The minimum atomic E-state index is -0.468. The zero-order valence-corrected chi connectivity index (χ0v) is 17.6. The van der Waals surface area contributed by atoms with Crippen molar-refractivity contribution in [3.63, 3.8) is 0 Å². The van der Waals surface area contributed by atoms with Gasteiger partial charge in [-0.1, -0.05) is 23.1 Å². The highest BCUT2D eigenvalue weighted by molar-refractivity contribution is 7.99. The fourth-order valence-electron chi connectivity index (χ4n) is 2.96. The molecule has 0 bridgehead atoms. The minimum Gasteiger partial charge on any atom is -0.411 e. The zero-order chi connectivity index (χ0) is 22.0. The molecule has 4 rings (SSSR count). The molecule has 1 aromatic carbocycles. The summed E-state index contributed by atoms with van der Waals surface area (Å²) in [7, 11) is 0. The first-order valence-corrected chi connectivity index (χ1v) is 10.4. The van der Waals surface area contributed by atoms with E-state index >= 15 is 0 Å². The summed E-state index contributed by atoms with van der Waals surface area (Å²) in [5, 5.41) is 29.7. The Balaban J connectivity index is 1.35. The van der Waals surface area contributed by atoms with E-state index in [2.05, 4.69) is 30.5 Å². The third kappa shape index (κ3) is 4.60. The van der Waals surface area contributed by atoms with Gasteiger partial charge in [-0.3, -0.25) is 15.1 Å².